The van der Waals surface area contributed by atoms with Crippen LogP contribution in [0.4, 0.5) is 0 Å². The Morgan fingerprint density at radius 3 is 1.00 bits per heavy atom. The molecule has 0 atom stereocenters. The van der Waals surface area contributed by atoms with E-state index in [0.717, 1.165) is 89.1 Å². The number of aromatic nitrogens is 6. The maximum Gasteiger partial charge on any atom is -0.0134 e. The molecule has 0 fully saturated rings. The van der Waals surface area contributed by atoms with E-state index in [4.69, 9.17) is 29.1 Å². The molecule has 0 unspecified atom stereocenters. The Labute approximate surface area is 699 Å². The van der Waals surface area contributed by atoms with Gasteiger partial charge in [0, 0.05) is 66.2 Å². The number of hydrogen-bond donors (Lipinski definition) is 0. The van der Waals surface area contributed by atoms with Crippen molar-refractivity contribution in [3.05, 3.63) is 403 Å². The number of thioether (sulfide) groups is 2. The van der Waals surface area contributed by atoms with Crippen LogP contribution in [0.5, 0.6) is 0 Å². The van der Waals surface area contributed by atoms with Gasteiger partial charge in [-0.1, -0.05) is 336 Å². The van der Waals surface area contributed by atoms with Crippen molar-refractivity contribution in [3.8, 4) is 11.1 Å². The number of rotatable bonds is 23. The number of fused-ring (bicyclic) bond motifs is 2. The molecule has 5 heterocycles. The largest absolute Gasteiger partial charge is 0.0622 e. The molecule has 11 aromatic carbocycles. The van der Waals surface area contributed by atoms with E-state index < -0.39 is 41.4 Å². The zero-order chi connectivity index (χ0) is 78.0. The summed E-state index contributed by atoms with van der Waals surface area (Å²) in [7, 11) is 1.18. The second-order valence-corrected chi connectivity index (χ2v) is 39.4. The van der Waals surface area contributed by atoms with Crippen LogP contribution < -0.4 is 31.8 Å². The van der Waals surface area contributed by atoms with Gasteiger partial charge in [0.25, 0.3) is 20.0 Å². The third-order valence-electron chi connectivity index (χ3n) is 18.2. The molecule has 5 aromatic heterocycles. The summed E-state index contributed by atoms with van der Waals surface area (Å²) in [5.74, 6) is 2.01. The molecule has 0 aliphatic rings. The summed E-state index contributed by atoms with van der Waals surface area (Å²) in [5, 5.41) is 15.1. The van der Waals surface area contributed by atoms with Crippen LogP contribution in [0, 0.1) is 3.57 Å². The summed E-state index contributed by atoms with van der Waals surface area (Å²) in [4.78, 5) is 11.7. The summed E-state index contributed by atoms with van der Waals surface area (Å²) in [6, 6.07) is 117. The minimum absolute atomic E-state index is 0.106. The molecular formula is C92H81Cl2IN6O4P2PdS4. The minimum Gasteiger partial charge on any atom is -0.0622 e. The Bertz CT molecular complexity index is 5390. The van der Waals surface area contributed by atoms with Crippen molar-refractivity contribution >= 4 is 155 Å². The standard InChI is InChI=1S/C39H34N4O2S2.2C18H15P.C17H17IN2O2S2.2ClH.Pd/c1-2-3-24-46-34-25-36-37(29-42(38(36)40-27-34)47(44,45)35-22-14-7-15-23-35)30-26-41-43(28-30)39(31-16-8-4-9-17-31,32-18-10-5-11-19-32)33-20-12-6-13-21-33;2*1-4-10-16(11-5-1)19(17-12-6-2-7-13-17)18-14-8-3-9-15-18;1-2-3-9-23-13-10-15-16(18)12-20(17(15)19-11-13)24(21,22)14-7-5-4-6-8-14;;;/h4-23,25-29H,2-3,24H2,1H3;2*1-15H;4-8,10-12H,2-3,9H2,1H3;2*1H;/q;;;;;;+2/p-2. The van der Waals surface area contributed by atoms with E-state index in [1.807, 2.05) is 83.8 Å². The Morgan fingerprint density at radius 2 is 0.679 bits per heavy atom. The van der Waals surface area contributed by atoms with Crippen LogP contribution in [-0.2, 0) is 41.5 Å². The molecular weight excluding hydrogens is 1750 g/mol. The van der Waals surface area contributed by atoms with Crippen LogP contribution in [0.2, 0.25) is 0 Å². The molecule has 0 N–H and O–H groups in total. The Morgan fingerprint density at radius 1 is 0.393 bits per heavy atom. The molecule has 0 spiro atoms. The van der Waals surface area contributed by atoms with E-state index >= 15 is 0 Å². The Balaban J connectivity index is 0.000000150. The van der Waals surface area contributed by atoms with Gasteiger partial charge in [-0.3, -0.25) is 4.68 Å². The van der Waals surface area contributed by atoms with Gasteiger partial charge in [0.1, 0.15) is 5.54 Å². The number of hydrogen-bond acceptors (Lipinski definition) is 9. The third-order valence-corrected chi connectivity index (χ3v) is 29.3. The first kappa shape index (κ1) is 82.9. The smallest absolute Gasteiger partial charge is 0.0134 e. The fourth-order valence-corrected chi connectivity index (χ4v) is 23.0. The van der Waals surface area contributed by atoms with Crippen molar-refractivity contribution in [2.75, 3.05) is 11.5 Å². The molecule has 0 amide bonds. The predicted molar refractivity (Wildman–Crippen MR) is 479 cm³/mol. The van der Waals surface area contributed by atoms with Gasteiger partial charge in [0.2, 0.25) is 0 Å². The molecule has 16 rings (SSSR count). The summed E-state index contributed by atoms with van der Waals surface area (Å²) < 4.78 is 59.2. The number of benzene rings is 11. The second kappa shape index (κ2) is 41.5. The quantitative estimate of drug-likeness (QED) is 0.0154. The normalized spacial score (nSPS) is 11.4. The Hall–Kier alpha value is -8.56. The average Bonchev–Trinajstić information content (AvgIpc) is 1.48. The van der Waals surface area contributed by atoms with E-state index in [1.165, 1.54) is 39.8 Å². The zero-order valence-corrected chi connectivity index (χ0v) is 71.7. The molecule has 568 valence electrons. The molecule has 0 saturated carbocycles. The van der Waals surface area contributed by atoms with Crippen molar-refractivity contribution < 1.29 is 32.8 Å². The van der Waals surface area contributed by atoms with Gasteiger partial charge < -0.3 is 0 Å². The molecule has 0 radical (unpaired) electrons. The Kier molecular flexibility index (Phi) is 30.7. The van der Waals surface area contributed by atoms with Crippen LogP contribution in [-0.4, -0.2) is 56.0 Å². The zero-order valence-electron chi connectivity index (χ0n) is 61.4. The minimum atomic E-state index is -3.92. The number of unbranched alkanes of at least 4 members (excludes halogenated alkanes) is 2. The predicted octanol–water partition coefficient (Wildman–Crippen LogP) is 21.9. The molecule has 16 aromatic rings. The molecule has 112 heavy (non-hydrogen) atoms. The van der Waals surface area contributed by atoms with Crippen LogP contribution >= 0.6 is 81.0 Å². The van der Waals surface area contributed by atoms with E-state index in [9.17, 15) is 16.8 Å². The first-order chi connectivity index (χ1) is 54.9. The summed E-state index contributed by atoms with van der Waals surface area (Å²) in [6.45, 7) is 4.34. The molecule has 0 aliphatic carbocycles. The first-order valence-electron chi connectivity index (χ1n) is 36.4. The monoisotopic (exact) mass is 1830 g/mol. The van der Waals surface area contributed by atoms with E-state index in [0.29, 0.717) is 11.3 Å². The molecule has 0 saturated heterocycles. The summed E-state index contributed by atoms with van der Waals surface area (Å²) >= 11 is 5.55. The first-order valence-corrected chi connectivity index (χ1v) is 49.0. The van der Waals surface area contributed by atoms with E-state index in [2.05, 4.69) is 266 Å². The van der Waals surface area contributed by atoms with Crippen LogP contribution in [0.25, 0.3) is 33.2 Å². The van der Waals surface area contributed by atoms with Gasteiger partial charge in [-0.25, -0.2) is 34.7 Å². The van der Waals surface area contributed by atoms with Crippen molar-refractivity contribution in [3.63, 3.8) is 0 Å². The van der Waals surface area contributed by atoms with Crippen LogP contribution in [0.3, 0.4) is 0 Å². The van der Waals surface area contributed by atoms with E-state index in [1.54, 1.807) is 103 Å². The van der Waals surface area contributed by atoms with Gasteiger partial charge in [-0.05, 0) is 148 Å². The third kappa shape index (κ3) is 20.3. The number of nitrogens with zero attached hydrogens (tertiary/aromatic N) is 6. The maximum atomic E-state index is 14.0. The van der Waals surface area contributed by atoms with Gasteiger partial charge in [0.15, 0.2) is 11.3 Å². The molecule has 0 aliphatic heterocycles. The fraction of sp³-hybridized carbons (Fsp3) is 0.0978. The maximum absolute atomic E-state index is 14.0. The fourth-order valence-electron chi connectivity index (χ4n) is 12.9. The molecule has 10 nitrogen and oxygen atoms in total. The van der Waals surface area contributed by atoms with Crippen LogP contribution in [0.1, 0.15) is 56.2 Å². The van der Waals surface area contributed by atoms with Crippen molar-refractivity contribution in [1.82, 2.24) is 27.7 Å². The summed E-state index contributed by atoms with van der Waals surface area (Å²) in [5.41, 5.74) is 4.77. The summed E-state index contributed by atoms with van der Waals surface area (Å²) in [6.07, 6.45) is 15.2. The van der Waals surface area contributed by atoms with Gasteiger partial charge in [0.05, 0.1) is 16.0 Å². The topological polar surface area (TPSA) is 122 Å². The van der Waals surface area contributed by atoms with Crippen molar-refractivity contribution in [1.29, 1.82) is 0 Å². The van der Waals surface area contributed by atoms with E-state index in [-0.39, 0.29) is 25.7 Å². The van der Waals surface area contributed by atoms with Crippen LogP contribution in [0.15, 0.2) is 403 Å². The molecule has 0 bridgehead atoms. The van der Waals surface area contributed by atoms with Gasteiger partial charge in [-0.15, -0.1) is 23.5 Å². The average molecular weight is 1830 g/mol. The van der Waals surface area contributed by atoms with Gasteiger partial charge >= 0.3 is 35.0 Å². The van der Waals surface area contributed by atoms with Gasteiger partial charge in [-0.2, -0.15) is 5.10 Å². The molecule has 20 heteroatoms. The second-order valence-electron chi connectivity index (χ2n) is 25.4. The van der Waals surface area contributed by atoms with Crippen molar-refractivity contribution in [2.45, 2.75) is 64.7 Å². The SMILES string of the molecule is CCCCSc1cnc2c(c1)c(-c1cnn(C(c3ccccc3)(c3ccccc3)c3ccccc3)c1)cn2S(=O)(=O)c1ccccc1.CCCCSc1cnc2c(c1)c(I)cn2S(=O)(=O)c1ccccc1.[Cl][Pd][Cl].c1ccc(P(c2ccccc2)c2ccccc2)cc1.c1ccc(P(c2ccccc2)c2ccccc2)cc1. The number of halogens is 3. The van der Waals surface area contributed by atoms with Crippen molar-refractivity contribution in [2.24, 2.45) is 0 Å². The number of pyridine rings is 2.